The zero-order chi connectivity index (χ0) is 14.5. The average Bonchev–Trinajstić information content (AvgIpc) is 2.92. The van der Waals surface area contributed by atoms with Crippen LogP contribution in [0.1, 0.15) is 29.9 Å². The number of rotatable bonds is 5. The number of carbonyl (C=O) groups excluding carboxylic acids is 1. The molecule has 2 aromatic rings. The van der Waals surface area contributed by atoms with E-state index in [4.69, 9.17) is 11.6 Å². The summed E-state index contributed by atoms with van der Waals surface area (Å²) in [6.07, 6.45) is 2.41. The Labute approximate surface area is 128 Å². The number of hydrogen-bond donors (Lipinski definition) is 0. The number of pyridine rings is 1. The van der Waals surface area contributed by atoms with Crippen molar-refractivity contribution in [3.8, 4) is 0 Å². The monoisotopic (exact) mass is 308 g/mol. The molecule has 0 saturated carbocycles. The molecule has 2 aromatic heterocycles. The zero-order valence-electron chi connectivity index (χ0n) is 11.5. The lowest BCUT2D eigenvalue weighted by atomic mass is 10.1. The standard InChI is InChI=1S/C15H17ClN2OS/c1-3-18(11(2)8-12-5-7-20-10-12)15(19)14-9-13(16)4-6-17-14/h4-7,9-11H,3,8H2,1-2H3. The second-order valence-corrected chi connectivity index (χ2v) is 5.85. The van der Waals surface area contributed by atoms with Crippen LogP contribution in [0.25, 0.3) is 0 Å². The second-order valence-electron chi connectivity index (χ2n) is 4.64. The number of thiophene rings is 1. The van der Waals surface area contributed by atoms with Crippen LogP contribution >= 0.6 is 22.9 Å². The van der Waals surface area contributed by atoms with Crippen LogP contribution in [0.5, 0.6) is 0 Å². The van der Waals surface area contributed by atoms with Gasteiger partial charge in [-0.2, -0.15) is 11.3 Å². The Kier molecular flexibility index (Phi) is 5.15. The molecule has 0 spiro atoms. The van der Waals surface area contributed by atoms with E-state index in [1.165, 1.54) is 5.56 Å². The predicted molar refractivity (Wildman–Crippen MR) is 83.4 cm³/mol. The highest BCUT2D eigenvalue weighted by Crippen LogP contribution is 2.15. The molecule has 0 N–H and O–H groups in total. The summed E-state index contributed by atoms with van der Waals surface area (Å²) in [6.45, 7) is 4.69. The van der Waals surface area contributed by atoms with Crippen LogP contribution in [0.15, 0.2) is 35.2 Å². The Morgan fingerprint density at radius 1 is 1.50 bits per heavy atom. The van der Waals surface area contributed by atoms with E-state index in [-0.39, 0.29) is 11.9 Å². The van der Waals surface area contributed by atoms with Gasteiger partial charge in [0, 0.05) is 23.8 Å². The number of aromatic nitrogens is 1. The molecule has 3 nitrogen and oxygen atoms in total. The molecule has 0 bridgehead atoms. The van der Waals surface area contributed by atoms with Crippen molar-refractivity contribution in [2.24, 2.45) is 0 Å². The van der Waals surface area contributed by atoms with E-state index in [0.29, 0.717) is 17.3 Å². The first-order chi connectivity index (χ1) is 9.61. The maximum absolute atomic E-state index is 12.5. The van der Waals surface area contributed by atoms with E-state index in [0.717, 1.165) is 6.42 Å². The summed E-state index contributed by atoms with van der Waals surface area (Å²) in [5.74, 6) is -0.0715. The highest BCUT2D eigenvalue weighted by Gasteiger charge is 2.21. The lowest BCUT2D eigenvalue weighted by Gasteiger charge is -2.27. The van der Waals surface area contributed by atoms with Gasteiger partial charge in [-0.25, -0.2) is 0 Å². The summed E-state index contributed by atoms with van der Waals surface area (Å²) in [5.41, 5.74) is 1.66. The zero-order valence-corrected chi connectivity index (χ0v) is 13.1. The minimum Gasteiger partial charge on any atom is -0.335 e. The van der Waals surface area contributed by atoms with Gasteiger partial charge in [-0.3, -0.25) is 9.78 Å². The van der Waals surface area contributed by atoms with Gasteiger partial charge >= 0.3 is 0 Å². The Hall–Kier alpha value is -1.39. The van der Waals surface area contributed by atoms with E-state index in [2.05, 4.69) is 28.7 Å². The van der Waals surface area contributed by atoms with Gasteiger partial charge in [-0.15, -0.1) is 0 Å². The minimum absolute atomic E-state index is 0.0715. The van der Waals surface area contributed by atoms with Crippen LogP contribution in [-0.2, 0) is 6.42 Å². The highest BCUT2D eigenvalue weighted by molar-refractivity contribution is 7.07. The third kappa shape index (κ3) is 3.58. The molecule has 0 aliphatic heterocycles. The molecule has 0 aliphatic carbocycles. The summed E-state index contributed by atoms with van der Waals surface area (Å²) in [5, 5.41) is 4.70. The topological polar surface area (TPSA) is 33.2 Å². The molecule has 2 rings (SSSR count). The summed E-state index contributed by atoms with van der Waals surface area (Å²) < 4.78 is 0. The third-order valence-electron chi connectivity index (χ3n) is 3.19. The van der Waals surface area contributed by atoms with Crippen molar-refractivity contribution in [2.75, 3.05) is 6.54 Å². The predicted octanol–water partition coefficient (Wildman–Crippen LogP) is 3.89. The molecule has 1 amide bonds. The van der Waals surface area contributed by atoms with Gasteiger partial charge in [0.05, 0.1) is 0 Å². The minimum atomic E-state index is -0.0715. The highest BCUT2D eigenvalue weighted by atomic mass is 35.5. The first kappa shape index (κ1) is 15.0. The lowest BCUT2D eigenvalue weighted by Crippen LogP contribution is -2.40. The first-order valence-electron chi connectivity index (χ1n) is 6.55. The fourth-order valence-electron chi connectivity index (χ4n) is 2.18. The normalized spacial score (nSPS) is 12.2. The molecule has 0 fully saturated rings. The van der Waals surface area contributed by atoms with E-state index in [9.17, 15) is 4.79 Å². The van der Waals surface area contributed by atoms with Crippen molar-refractivity contribution in [1.29, 1.82) is 0 Å². The van der Waals surface area contributed by atoms with Crippen molar-refractivity contribution in [1.82, 2.24) is 9.88 Å². The van der Waals surface area contributed by atoms with Crippen molar-refractivity contribution in [2.45, 2.75) is 26.3 Å². The van der Waals surface area contributed by atoms with Gasteiger partial charge in [0.25, 0.3) is 5.91 Å². The molecule has 2 heterocycles. The van der Waals surface area contributed by atoms with Gasteiger partial charge in [-0.1, -0.05) is 11.6 Å². The summed E-state index contributed by atoms with van der Waals surface area (Å²) >= 11 is 7.60. The second kappa shape index (κ2) is 6.86. The smallest absolute Gasteiger partial charge is 0.272 e. The van der Waals surface area contributed by atoms with Gasteiger partial charge < -0.3 is 4.90 Å². The summed E-state index contributed by atoms with van der Waals surface area (Å²) in [6, 6.07) is 5.51. The van der Waals surface area contributed by atoms with Crippen LogP contribution in [0.4, 0.5) is 0 Å². The van der Waals surface area contributed by atoms with Gasteiger partial charge in [0.2, 0.25) is 0 Å². The quantitative estimate of drug-likeness (QED) is 0.839. The van der Waals surface area contributed by atoms with Gasteiger partial charge in [0.1, 0.15) is 5.69 Å². The number of halogens is 1. The molecule has 20 heavy (non-hydrogen) atoms. The maximum atomic E-state index is 12.5. The van der Waals surface area contributed by atoms with Crippen molar-refractivity contribution in [3.05, 3.63) is 51.4 Å². The van der Waals surface area contributed by atoms with Gasteiger partial charge in [0.15, 0.2) is 0 Å². The summed E-state index contributed by atoms with van der Waals surface area (Å²) in [7, 11) is 0. The largest absolute Gasteiger partial charge is 0.335 e. The van der Waals surface area contributed by atoms with Crippen LogP contribution in [0.2, 0.25) is 5.02 Å². The van der Waals surface area contributed by atoms with E-state index in [1.54, 1.807) is 29.7 Å². The Bertz CT molecular complexity index is 571. The van der Waals surface area contributed by atoms with Crippen LogP contribution in [0, 0.1) is 0 Å². The van der Waals surface area contributed by atoms with Crippen LogP contribution in [0.3, 0.4) is 0 Å². The molecule has 1 unspecified atom stereocenters. The number of amides is 1. The fourth-order valence-corrected chi connectivity index (χ4v) is 3.03. The van der Waals surface area contributed by atoms with E-state index in [1.807, 2.05) is 11.8 Å². The molecular weight excluding hydrogens is 292 g/mol. The molecule has 1 atom stereocenters. The van der Waals surface area contributed by atoms with Crippen molar-refractivity contribution >= 4 is 28.8 Å². The molecule has 0 radical (unpaired) electrons. The Balaban J connectivity index is 2.12. The molecule has 0 saturated heterocycles. The lowest BCUT2D eigenvalue weighted by molar-refractivity contribution is 0.0697. The average molecular weight is 309 g/mol. The third-order valence-corrected chi connectivity index (χ3v) is 4.15. The van der Waals surface area contributed by atoms with E-state index < -0.39 is 0 Å². The number of hydrogen-bond acceptors (Lipinski definition) is 3. The van der Waals surface area contributed by atoms with Crippen LogP contribution in [-0.4, -0.2) is 28.4 Å². The summed E-state index contributed by atoms with van der Waals surface area (Å²) in [4.78, 5) is 18.4. The molecule has 5 heteroatoms. The van der Waals surface area contributed by atoms with Crippen molar-refractivity contribution < 1.29 is 4.79 Å². The molecule has 0 aliphatic rings. The fraction of sp³-hybridized carbons (Fsp3) is 0.333. The number of nitrogens with zero attached hydrogens (tertiary/aromatic N) is 2. The Morgan fingerprint density at radius 2 is 2.30 bits per heavy atom. The Morgan fingerprint density at radius 3 is 2.90 bits per heavy atom. The molecule has 106 valence electrons. The number of carbonyl (C=O) groups is 1. The maximum Gasteiger partial charge on any atom is 0.272 e. The SMILES string of the molecule is CCN(C(=O)c1cc(Cl)ccn1)C(C)Cc1ccsc1. The first-order valence-corrected chi connectivity index (χ1v) is 7.87. The van der Waals surface area contributed by atoms with E-state index >= 15 is 0 Å². The van der Waals surface area contributed by atoms with Crippen LogP contribution < -0.4 is 0 Å². The molecule has 0 aromatic carbocycles. The van der Waals surface area contributed by atoms with Gasteiger partial charge in [-0.05, 0) is 54.8 Å². The molecular formula is C15H17ClN2OS. The van der Waals surface area contributed by atoms with Crippen molar-refractivity contribution in [3.63, 3.8) is 0 Å². The number of likely N-dealkylation sites (N-methyl/N-ethyl adjacent to an activating group) is 1.